The van der Waals surface area contributed by atoms with Gasteiger partial charge in [-0.15, -0.1) is 0 Å². The summed E-state index contributed by atoms with van der Waals surface area (Å²) in [4.78, 5) is 0. The van der Waals surface area contributed by atoms with Crippen molar-refractivity contribution in [2.75, 3.05) is 0 Å². The average Bonchev–Trinajstić information content (AvgIpc) is 2.37. The van der Waals surface area contributed by atoms with Crippen LogP contribution < -0.4 is 0 Å². The van der Waals surface area contributed by atoms with E-state index in [-0.39, 0.29) is 0 Å². The molecule has 0 N–H and O–H groups in total. The number of hydrogen-bond donors (Lipinski definition) is 0. The zero-order valence-corrected chi connectivity index (χ0v) is 15.0. The van der Waals surface area contributed by atoms with Gasteiger partial charge in [-0.05, 0) is 43.9 Å². The van der Waals surface area contributed by atoms with E-state index in [1.165, 1.54) is 70.6 Å². The molecule has 0 aliphatic carbocycles. The van der Waals surface area contributed by atoms with Crippen molar-refractivity contribution in [3.05, 3.63) is 11.6 Å². The van der Waals surface area contributed by atoms with Crippen molar-refractivity contribution in [2.45, 2.75) is 105 Å². The lowest BCUT2D eigenvalue weighted by atomic mass is 9.97. The molecule has 20 heavy (non-hydrogen) atoms. The van der Waals surface area contributed by atoms with Gasteiger partial charge >= 0.3 is 0 Å². The molecule has 120 valence electrons. The molecule has 0 saturated carbocycles. The molecule has 0 saturated heterocycles. The summed E-state index contributed by atoms with van der Waals surface area (Å²) >= 11 is 0. The Labute approximate surface area is 129 Å². The molecule has 0 rings (SSSR count). The Morgan fingerprint density at radius 1 is 0.700 bits per heavy atom. The topological polar surface area (TPSA) is 0 Å². The summed E-state index contributed by atoms with van der Waals surface area (Å²) in [7, 11) is 0. The normalized spacial score (nSPS) is 11.3. The molecular formula is C20H40. The van der Waals surface area contributed by atoms with Gasteiger partial charge in [0.2, 0.25) is 0 Å². The minimum absolute atomic E-state index is 0.876. The molecule has 0 heteroatoms. The second-order valence-electron chi connectivity index (χ2n) is 7.26. The van der Waals surface area contributed by atoms with Crippen molar-refractivity contribution in [1.29, 1.82) is 0 Å². The summed E-state index contributed by atoms with van der Waals surface area (Å²) in [5.74, 6) is 1.75. The van der Waals surface area contributed by atoms with Gasteiger partial charge in [-0.25, -0.2) is 0 Å². The fraction of sp³-hybridized carbons (Fsp3) is 0.900. The highest BCUT2D eigenvalue weighted by molar-refractivity contribution is 5.01. The Morgan fingerprint density at radius 2 is 1.15 bits per heavy atom. The van der Waals surface area contributed by atoms with Gasteiger partial charge in [0.05, 0.1) is 0 Å². The predicted molar refractivity (Wildman–Crippen MR) is 94.2 cm³/mol. The van der Waals surface area contributed by atoms with Gasteiger partial charge in [0.15, 0.2) is 0 Å². The second kappa shape index (κ2) is 13.7. The number of hydrogen-bond acceptors (Lipinski definition) is 0. The first-order valence-electron chi connectivity index (χ1n) is 9.24. The smallest absolute Gasteiger partial charge is 0.0320 e. The Kier molecular flexibility index (Phi) is 13.5. The molecule has 0 atom stereocenters. The predicted octanol–water partition coefficient (Wildman–Crippen LogP) is 7.54. The molecule has 0 unspecified atom stereocenters. The standard InChI is InChI=1S/C20H40/c1-6-13-20(16-11-7-9-14-18(2)3)17-12-8-10-15-19(4)5/h13,18-19H,6-12,14-17H2,1-5H3. The van der Waals surface area contributed by atoms with Crippen LogP contribution in [0.4, 0.5) is 0 Å². The average molecular weight is 281 g/mol. The van der Waals surface area contributed by atoms with Crippen molar-refractivity contribution in [2.24, 2.45) is 11.8 Å². The minimum Gasteiger partial charge on any atom is -0.0856 e. The highest BCUT2D eigenvalue weighted by Crippen LogP contribution is 2.19. The van der Waals surface area contributed by atoms with Crippen LogP contribution in [0.25, 0.3) is 0 Å². The zero-order chi connectivity index (χ0) is 15.2. The Morgan fingerprint density at radius 3 is 1.50 bits per heavy atom. The highest BCUT2D eigenvalue weighted by Gasteiger charge is 2.00. The maximum atomic E-state index is 2.49. The van der Waals surface area contributed by atoms with E-state index >= 15 is 0 Å². The van der Waals surface area contributed by atoms with Crippen LogP contribution in [0.3, 0.4) is 0 Å². The third kappa shape index (κ3) is 14.2. The first kappa shape index (κ1) is 19.7. The van der Waals surface area contributed by atoms with Crippen LogP contribution in [0.15, 0.2) is 11.6 Å². The van der Waals surface area contributed by atoms with Crippen molar-refractivity contribution < 1.29 is 0 Å². The maximum absolute atomic E-state index is 2.49. The molecule has 0 bridgehead atoms. The molecule has 0 aromatic carbocycles. The summed E-state index contributed by atoms with van der Waals surface area (Å²) in [6.45, 7) is 11.6. The van der Waals surface area contributed by atoms with E-state index in [0.29, 0.717) is 0 Å². The molecule has 0 aliphatic rings. The molecule has 0 heterocycles. The van der Waals surface area contributed by atoms with Gasteiger partial charge in [0.25, 0.3) is 0 Å². The van der Waals surface area contributed by atoms with Crippen molar-refractivity contribution >= 4 is 0 Å². The van der Waals surface area contributed by atoms with Gasteiger partial charge in [-0.2, -0.15) is 0 Å². The molecule has 0 aromatic heterocycles. The van der Waals surface area contributed by atoms with Crippen molar-refractivity contribution in [1.82, 2.24) is 0 Å². The van der Waals surface area contributed by atoms with Gasteiger partial charge in [0, 0.05) is 0 Å². The van der Waals surface area contributed by atoms with E-state index in [0.717, 1.165) is 11.8 Å². The van der Waals surface area contributed by atoms with Crippen LogP contribution in [0, 0.1) is 11.8 Å². The number of allylic oxidation sites excluding steroid dienone is 2. The quantitative estimate of drug-likeness (QED) is 0.241. The van der Waals surface area contributed by atoms with E-state index in [1.807, 2.05) is 0 Å². The second-order valence-corrected chi connectivity index (χ2v) is 7.26. The van der Waals surface area contributed by atoms with Gasteiger partial charge in [-0.3, -0.25) is 0 Å². The maximum Gasteiger partial charge on any atom is -0.0320 e. The third-order valence-corrected chi connectivity index (χ3v) is 4.05. The first-order chi connectivity index (χ1) is 9.56. The Bertz CT molecular complexity index is 202. The highest BCUT2D eigenvalue weighted by atomic mass is 14.1. The van der Waals surface area contributed by atoms with E-state index < -0.39 is 0 Å². The number of rotatable bonds is 13. The van der Waals surface area contributed by atoms with Crippen LogP contribution in [0.5, 0.6) is 0 Å². The van der Waals surface area contributed by atoms with E-state index in [4.69, 9.17) is 0 Å². The molecular weight excluding hydrogens is 240 g/mol. The van der Waals surface area contributed by atoms with Gasteiger partial charge < -0.3 is 0 Å². The minimum atomic E-state index is 0.876. The van der Waals surface area contributed by atoms with Crippen LogP contribution >= 0.6 is 0 Å². The van der Waals surface area contributed by atoms with Gasteiger partial charge in [-0.1, -0.05) is 84.8 Å². The lowest BCUT2D eigenvalue weighted by Gasteiger charge is -2.09. The first-order valence-corrected chi connectivity index (χ1v) is 9.24. The Hall–Kier alpha value is -0.260. The molecule has 0 nitrogen and oxygen atoms in total. The molecule has 0 spiro atoms. The molecule has 0 radical (unpaired) electrons. The SMILES string of the molecule is CCC=C(CCCCCC(C)C)CCCCCC(C)C. The monoisotopic (exact) mass is 280 g/mol. The summed E-state index contributed by atoms with van der Waals surface area (Å²) in [5, 5.41) is 0. The zero-order valence-electron chi connectivity index (χ0n) is 15.0. The summed E-state index contributed by atoms with van der Waals surface area (Å²) < 4.78 is 0. The van der Waals surface area contributed by atoms with E-state index in [9.17, 15) is 0 Å². The van der Waals surface area contributed by atoms with Crippen LogP contribution in [0.2, 0.25) is 0 Å². The van der Waals surface area contributed by atoms with Crippen molar-refractivity contribution in [3.8, 4) is 0 Å². The van der Waals surface area contributed by atoms with Crippen LogP contribution in [0.1, 0.15) is 105 Å². The van der Waals surface area contributed by atoms with Gasteiger partial charge in [0.1, 0.15) is 0 Å². The Balaban J connectivity index is 3.64. The van der Waals surface area contributed by atoms with Crippen LogP contribution in [-0.4, -0.2) is 0 Å². The van der Waals surface area contributed by atoms with Crippen LogP contribution in [-0.2, 0) is 0 Å². The lowest BCUT2D eigenvalue weighted by molar-refractivity contribution is 0.516. The van der Waals surface area contributed by atoms with Crippen molar-refractivity contribution in [3.63, 3.8) is 0 Å². The molecule has 0 amide bonds. The third-order valence-electron chi connectivity index (χ3n) is 4.05. The fourth-order valence-electron chi connectivity index (χ4n) is 2.78. The molecule has 0 fully saturated rings. The summed E-state index contributed by atoms with van der Waals surface area (Å²) in [5.41, 5.74) is 1.74. The summed E-state index contributed by atoms with van der Waals surface area (Å²) in [6, 6.07) is 0. The lowest BCUT2D eigenvalue weighted by Crippen LogP contribution is -1.91. The van der Waals surface area contributed by atoms with E-state index in [1.54, 1.807) is 5.57 Å². The largest absolute Gasteiger partial charge is 0.0856 e. The number of unbranched alkanes of at least 4 members (excludes halogenated alkanes) is 4. The molecule has 0 aliphatic heterocycles. The molecule has 0 aromatic rings. The fourth-order valence-corrected chi connectivity index (χ4v) is 2.78. The van der Waals surface area contributed by atoms with E-state index in [2.05, 4.69) is 40.7 Å². The summed E-state index contributed by atoms with van der Waals surface area (Å²) in [6.07, 6.45) is 17.7.